The third-order valence-corrected chi connectivity index (χ3v) is 6.26. The number of benzene rings is 2. The number of halogens is 3. The Morgan fingerprint density at radius 3 is 1.97 bits per heavy atom. The molecule has 7 nitrogen and oxygen atoms in total. The molecule has 2 aromatic rings. The number of hydrogen-bond donors (Lipinski definition) is 2. The molecule has 0 fully saturated rings. The summed E-state index contributed by atoms with van der Waals surface area (Å²) in [6.45, 7) is 4.66. The maximum absolute atomic E-state index is 12.6. The standard InChI is InChI=1S/C20H21Cl3N2O5S/c1-11(2)18(25-31(28,29)17-6-4-13(21)5-7-17)20(27)30-12(3)19(26)24-16-9-14(22)8-15(23)10-16/h4-12,18,25H,1-3H3,(H,24,26)/t12-,18-/m0/s1. The monoisotopic (exact) mass is 506 g/mol. The number of carbonyl (C=O) groups excluding carboxylic acids is 2. The van der Waals surface area contributed by atoms with Gasteiger partial charge in [0.1, 0.15) is 6.04 Å². The van der Waals surface area contributed by atoms with Gasteiger partial charge in [-0.05, 0) is 55.3 Å². The topological polar surface area (TPSA) is 102 Å². The lowest BCUT2D eigenvalue weighted by Crippen LogP contribution is -2.47. The van der Waals surface area contributed by atoms with E-state index in [0.29, 0.717) is 20.8 Å². The van der Waals surface area contributed by atoms with Crippen LogP contribution in [0.15, 0.2) is 47.4 Å². The number of hydrogen-bond acceptors (Lipinski definition) is 5. The van der Waals surface area contributed by atoms with Gasteiger partial charge in [-0.1, -0.05) is 48.7 Å². The van der Waals surface area contributed by atoms with Gasteiger partial charge in [0, 0.05) is 20.8 Å². The second-order valence-corrected chi connectivity index (χ2v) is 10.0. The average molecular weight is 508 g/mol. The van der Waals surface area contributed by atoms with Gasteiger partial charge < -0.3 is 10.1 Å². The van der Waals surface area contributed by atoms with Crippen LogP contribution in [-0.4, -0.2) is 32.4 Å². The molecule has 0 saturated heterocycles. The average Bonchev–Trinajstić information content (AvgIpc) is 2.65. The van der Waals surface area contributed by atoms with Gasteiger partial charge in [0.25, 0.3) is 5.91 Å². The summed E-state index contributed by atoms with van der Waals surface area (Å²) in [6, 6.07) is 8.74. The first-order valence-electron chi connectivity index (χ1n) is 9.14. The first kappa shape index (κ1) is 25.4. The predicted molar refractivity (Wildman–Crippen MR) is 121 cm³/mol. The van der Waals surface area contributed by atoms with Crippen molar-refractivity contribution >= 4 is 62.4 Å². The van der Waals surface area contributed by atoms with E-state index in [-0.39, 0.29) is 4.90 Å². The summed E-state index contributed by atoms with van der Waals surface area (Å²) in [5, 5.41) is 3.56. The van der Waals surface area contributed by atoms with Crippen LogP contribution in [0.25, 0.3) is 0 Å². The molecule has 0 radical (unpaired) electrons. The Morgan fingerprint density at radius 1 is 0.903 bits per heavy atom. The molecular weight excluding hydrogens is 487 g/mol. The number of esters is 1. The van der Waals surface area contributed by atoms with Gasteiger partial charge in [-0.2, -0.15) is 4.72 Å². The lowest BCUT2D eigenvalue weighted by molar-refractivity contribution is -0.155. The highest BCUT2D eigenvalue weighted by Crippen LogP contribution is 2.23. The third-order valence-electron chi connectivity index (χ3n) is 4.12. The number of rotatable bonds is 8. The van der Waals surface area contributed by atoms with Crippen molar-refractivity contribution in [2.45, 2.75) is 37.8 Å². The van der Waals surface area contributed by atoms with Crippen LogP contribution in [0.3, 0.4) is 0 Å². The van der Waals surface area contributed by atoms with Crippen LogP contribution in [0.5, 0.6) is 0 Å². The highest BCUT2D eigenvalue weighted by atomic mass is 35.5. The maximum Gasteiger partial charge on any atom is 0.325 e. The summed E-state index contributed by atoms with van der Waals surface area (Å²) in [4.78, 5) is 25.0. The van der Waals surface area contributed by atoms with Gasteiger partial charge in [0.15, 0.2) is 6.10 Å². The van der Waals surface area contributed by atoms with Crippen molar-refractivity contribution in [3.8, 4) is 0 Å². The number of nitrogens with one attached hydrogen (secondary N) is 2. The van der Waals surface area contributed by atoms with E-state index in [0.717, 1.165) is 0 Å². The Kier molecular flexibility index (Phi) is 8.73. The minimum absolute atomic E-state index is 0.0565. The molecule has 0 saturated carbocycles. The van der Waals surface area contributed by atoms with E-state index in [1.165, 1.54) is 49.4 Å². The molecule has 0 aliphatic heterocycles. The molecule has 0 aromatic heterocycles. The van der Waals surface area contributed by atoms with Crippen molar-refractivity contribution in [2.75, 3.05) is 5.32 Å². The molecule has 0 unspecified atom stereocenters. The van der Waals surface area contributed by atoms with Crippen molar-refractivity contribution in [3.63, 3.8) is 0 Å². The van der Waals surface area contributed by atoms with Crippen LogP contribution >= 0.6 is 34.8 Å². The van der Waals surface area contributed by atoms with Gasteiger partial charge in [0.2, 0.25) is 10.0 Å². The molecule has 1 amide bonds. The minimum Gasteiger partial charge on any atom is -0.451 e. The molecular formula is C20H21Cl3N2O5S. The molecule has 0 bridgehead atoms. The van der Waals surface area contributed by atoms with E-state index in [1.807, 2.05) is 0 Å². The Balaban J connectivity index is 2.08. The van der Waals surface area contributed by atoms with Gasteiger partial charge in [0.05, 0.1) is 4.90 Å². The number of anilines is 1. The van der Waals surface area contributed by atoms with Gasteiger partial charge in [-0.25, -0.2) is 8.42 Å². The smallest absolute Gasteiger partial charge is 0.325 e. The largest absolute Gasteiger partial charge is 0.451 e. The van der Waals surface area contributed by atoms with E-state index >= 15 is 0 Å². The van der Waals surface area contributed by atoms with E-state index in [2.05, 4.69) is 10.0 Å². The zero-order chi connectivity index (χ0) is 23.3. The number of sulfonamides is 1. The van der Waals surface area contributed by atoms with Gasteiger partial charge in [-0.3, -0.25) is 9.59 Å². The van der Waals surface area contributed by atoms with Gasteiger partial charge in [-0.15, -0.1) is 0 Å². The van der Waals surface area contributed by atoms with Crippen LogP contribution < -0.4 is 10.0 Å². The first-order chi connectivity index (χ1) is 14.4. The van der Waals surface area contributed by atoms with Crippen molar-refractivity contribution < 1.29 is 22.7 Å². The van der Waals surface area contributed by atoms with Crippen LogP contribution in [-0.2, 0) is 24.3 Å². The van der Waals surface area contributed by atoms with E-state index < -0.39 is 40.0 Å². The van der Waals surface area contributed by atoms with Crippen LogP contribution in [0.1, 0.15) is 20.8 Å². The molecule has 0 spiro atoms. The normalized spacial score (nSPS) is 13.5. The fraction of sp³-hybridized carbons (Fsp3) is 0.300. The molecule has 0 aliphatic carbocycles. The van der Waals surface area contributed by atoms with Gasteiger partial charge >= 0.3 is 5.97 Å². The Labute approximate surface area is 196 Å². The van der Waals surface area contributed by atoms with Crippen LogP contribution in [0.2, 0.25) is 15.1 Å². The third kappa shape index (κ3) is 7.36. The second-order valence-electron chi connectivity index (χ2n) is 7.02. The van der Waals surface area contributed by atoms with Crippen LogP contribution in [0.4, 0.5) is 5.69 Å². The molecule has 168 valence electrons. The Hall–Kier alpha value is -1.84. The summed E-state index contributed by atoms with van der Waals surface area (Å²) in [6.07, 6.45) is -1.20. The first-order valence-corrected chi connectivity index (χ1v) is 11.8. The predicted octanol–water partition coefficient (Wildman–Crippen LogP) is 4.52. The number of carbonyl (C=O) groups is 2. The van der Waals surface area contributed by atoms with Crippen molar-refractivity contribution in [3.05, 3.63) is 57.5 Å². The fourth-order valence-electron chi connectivity index (χ4n) is 2.48. The van der Waals surface area contributed by atoms with Crippen molar-refractivity contribution in [1.82, 2.24) is 4.72 Å². The second kappa shape index (κ2) is 10.7. The van der Waals surface area contributed by atoms with Crippen molar-refractivity contribution in [2.24, 2.45) is 5.92 Å². The summed E-state index contributed by atoms with van der Waals surface area (Å²) in [7, 11) is -4.02. The summed E-state index contributed by atoms with van der Waals surface area (Å²) < 4.78 is 32.8. The van der Waals surface area contributed by atoms with E-state index in [1.54, 1.807) is 13.8 Å². The minimum atomic E-state index is -4.02. The molecule has 2 N–H and O–H groups in total. The lowest BCUT2D eigenvalue weighted by Gasteiger charge is -2.23. The highest BCUT2D eigenvalue weighted by Gasteiger charge is 2.32. The Bertz CT molecular complexity index is 1040. The summed E-state index contributed by atoms with van der Waals surface area (Å²) >= 11 is 17.6. The molecule has 0 heterocycles. The zero-order valence-electron chi connectivity index (χ0n) is 16.9. The quantitative estimate of drug-likeness (QED) is 0.512. The van der Waals surface area contributed by atoms with E-state index in [4.69, 9.17) is 39.5 Å². The molecule has 2 aromatic carbocycles. The molecule has 2 rings (SSSR count). The van der Waals surface area contributed by atoms with Crippen LogP contribution in [0, 0.1) is 5.92 Å². The SMILES string of the molecule is CC(C)[C@H](NS(=O)(=O)c1ccc(Cl)cc1)C(=O)O[C@@H](C)C(=O)Nc1cc(Cl)cc(Cl)c1. The number of amides is 1. The molecule has 0 aliphatic rings. The maximum atomic E-state index is 12.6. The lowest BCUT2D eigenvalue weighted by atomic mass is 10.1. The van der Waals surface area contributed by atoms with E-state index in [9.17, 15) is 18.0 Å². The summed E-state index contributed by atoms with van der Waals surface area (Å²) in [5.74, 6) is -1.97. The molecule has 31 heavy (non-hydrogen) atoms. The molecule has 11 heteroatoms. The highest BCUT2D eigenvalue weighted by molar-refractivity contribution is 7.89. The zero-order valence-corrected chi connectivity index (χ0v) is 19.9. The Morgan fingerprint density at radius 2 is 1.45 bits per heavy atom. The molecule has 2 atom stereocenters. The summed E-state index contributed by atoms with van der Waals surface area (Å²) in [5.41, 5.74) is 0.328. The fourth-order valence-corrected chi connectivity index (χ4v) is 4.46. The number of ether oxygens (including phenoxy) is 1. The van der Waals surface area contributed by atoms with Crippen molar-refractivity contribution in [1.29, 1.82) is 0 Å².